The molecule has 80 valence electrons. The lowest BCUT2D eigenvalue weighted by molar-refractivity contribution is 0.668. The van der Waals surface area contributed by atoms with Gasteiger partial charge in [0.05, 0.1) is 0 Å². The Morgan fingerprint density at radius 1 is 1.20 bits per heavy atom. The molecule has 0 saturated carbocycles. The molecule has 1 heterocycles. The summed E-state index contributed by atoms with van der Waals surface area (Å²) in [5.41, 5.74) is 4.14. The topological polar surface area (TPSA) is 12.0 Å². The van der Waals surface area contributed by atoms with Gasteiger partial charge in [-0.1, -0.05) is 38.2 Å². The molecule has 0 bridgehead atoms. The second-order valence-electron chi connectivity index (χ2n) is 4.48. The maximum atomic E-state index is 3.46. The van der Waals surface area contributed by atoms with Crippen molar-refractivity contribution in [3.8, 4) is 0 Å². The van der Waals surface area contributed by atoms with Gasteiger partial charge < -0.3 is 5.32 Å². The van der Waals surface area contributed by atoms with Crippen molar-refractivity contribution in [2.75, 3.05) is 6.54 Å². The van der Waals surface area contributed by atoms with Crippen molar-refractivity contribution in [2.45, 2.75) is 26.7 Å². The van der Waals surface area contributed by atoms with E-state index >= 15 is 0 Å². The van der Waals surface area contributed by atoms with Crippen molar-refractivity contribution in [2.24, 2.45) is 5.92 Å². The molecule has 0 radical (unpaired) electrons. The van der Waals surface area contributed by atoms with Crippen LogP contribution in [0.4, 0.5) is 0 Å². The average molecular weight is 201 g/mol. The first-order chi connectivity index (χ1) is 7.27. The number of nitrogens with one attached hydrogen (secondary N) is 1. The van der Waals surface area contributed by atoms with E-state index < -0.39 is 0 Å². The van der Waals surface area contributed by atoms with Crippen LogP contribution in [0.25, 0.3) is 0 Å². The fourth-order valence-electron chi connectivity index (χ4n) is 1.98. The van der Waals surface area contributed by atoms with Crippen molar-refractivity contribution in [1.29, 1.82) is 0 Å². The van der Waals surface area contributed by atoms with E-state index in [4.69, 9.17) is 0 Å². The number of fused-ring (bicyclic) bond motifs is 1. The van der Waals surface area contributed by atoms with Gasteiger partial charge in [0, 0.05) is 12.2 Å². The maximum absolute atomic E-state index is 3.46. The van der Waals surface area contributed by atoms with Crippen molar-refractivity contribution in [1.82, 2.24) is 5.32 Å². The summed E-state index contributed by atoms with van der Waals surface area (Å²) in [6.07, 6.45) is 13.6. The molecule has 0 atom stereocenters. The van der Waals surface area contributed by atoms with Crippen LogP contribution in [-0.2, 0) is 0 Å². The Labute approximate surface area is 92.3 Å². The molecule has 1 aliphatic carbocycles. The molecule has 1 heteroatoms. The predicted molar refractivity (Wildman–Crippen MR) is 65.5 cm³/mol. The lowest BCUT2D eigenvalue weighted by Gasteiger charge is -2.21. The van der Waals surface area contributed by atoms with Gasteiger partial charge in [0.2, 0.25) is 0 Å². The Kier molecular flexibility index (Phi) is 3.10. The van der Waals surface area contributed by atoms with Gasteiger partial charge in [-0.05, 0) is 36.0 Å². The third kappa shape index (κ3) is 2.41. The first-order valence-electron chi connectivity index (χ1n) is 5.81. The van der Waals surface area contributed by atoms with Gasteiger partial charge in [0.15, 0.2) is 0 Å². The molecule has 1 aliphatic heterocycles. The third-order valence-corrected chi connectivity index (χ3v) is 2.98. The van der Waals surface area contributed by atoms with E-state index in [2.05, 4.69) is 49.5 Å². The van der Waals surface area contributed by atoms with Crippen LogP contribution in [0, 0.1) is 5.92 Å². The van der Waals surface area contributed by atoms with Gasteiger partial charge in [-0.25, -0.2) is 0 Å². The van der Waals surface area contributed by atoms with Gasteiger partial charge in [0.25, 0.3) is 0 Å². The second-order valence-corrected chi connectivity index (χ2v) is 4.48. The Morgan fingerprint density at radius 3 is 2.87 bits per heavy atom. The van der Waals surface area contributed by atoms with Crippen LogP contribution in [0.15, 0.2) is 47.2 Å². The van der Waals surface area contributed by atoms with Crippen molar-refractivity contribution >= 4 is 0 Å². The summed E-state index contributed by atoms with van der Waals surface area (Å²) >= 11 is 0. The van der Waals surface area contributed by atoms with E-state index in [9.17, 15) is 0 Å². The Morgan fingerprint density at radius 2 is 2.07 bits per heavy atom. The smallest absolute Gasteiger partial charge is 0.0372 e. The predicted octanol–water partition coefficient (Wildman–Crippen LogP) is 3.33. The Hall–Kier alpha value is -1.24. The molecule has 15 heavy (non-hydrogen) atoms. The summed E-state index contributed by atoms with van der Waals surface area (Å²) in [4.78, 5) is 0. The van der Waals surface area contributed by atoms with Crippen molar-refractivity contribution in [3.63, 3.8) is 0 Å². The van der Waals surface area contributed by atoms with Gasteiger partial charge >= 0.3 is 0 Å². The first-order valence-corrected chi connectivity index (χ1v) is 5.81. The number of hydrogen-bond acceptors (Lipinski definition) is 1. The Balaban J connectivity index is 2.27. The van der Waals surface area contributed by atoms with Crippen LogP contribution < -0.4 is 5.32 Å². The summed E-state index contributed by atoms with van der Waals surface area (Å²) in [5.74, 6) is 0.594. The molecule has 2 rings (SSSR count). The average Bonchev–Trinajstić information content (AvgIpc) is 2.18. The molecule has 0 amide bonds. The molecule has 0 aromatic rings. The minimum atomic E-state index is 0.594. The molecular formula is C14H19N. The van der Waals surface area contributed by atoms with Crippen LogP contribution >= 0.6 is 0 Å². The fraction of sp³-hybridized carbons (Fsp3) is 0.429. The zero-order chi connectivity index (χ0) is 10.7. The summed E-state index contributed by atoms with van der Waals surface area (Å²) in [5, 5.41) is 3.46. The lowest BCUT2D eigenvalue weighted by atomic mass is 9.96. The molecule has 1 N–H and O–H groups in total. The van der Waals surface area contributed by atoms with Crippen LogP contribution in [-0.4, -0.2) is 6.54 Å². The van der Waals surface area contributed by atoms with Crippen molar-refractivity contribution in [3.05, 3.63) is 47.2 Å². The zero-order valence-corrected chi connectivity index (χ0v) is 9.59. The number of hydrogen-bond donors (Lipinski definition) is 1. The third-order valence-electron chi connectivity index (χ3n) is 2.98. The second kappa shape index (κ2) is 4.52. The first kappa shape index (κ1) is 10.3. The standard InChI is InChI=1S/C14H19N/c1-11(2)12-5-3-6-13-7-4-10-15-14(13)9-8-12/h3,5-6,8-9,11,15H,4,7,10H2,1-2H3/b5-3?,6-3?,9-8?,12-5?,12-8?,13-6-,14-9+. The fourth-order valence-corrected chi connectivity index (χ4v) is 1.98. The van der Waals surface area contributed by atoms with Gasteiger partial charge in [-0.3, -0.25) is 0 Å². The molecule has 0 aromatic carbocycles. The summed E-state index contributed by atoms with van der Waals surface area (Å²) in [6.45, 7) is 5.57. The quantitative estimate of drug-likeness (QED) is 0.686. The van der Waals surface area contributed by atoms with Crippen LogP contribution in [0.2, 0.25) is 0 Å². The number of piperidine rings is 1. The SMILES string of the molecule is CC(C)C1=C/C=C2/NCCC/C2=C/C=C1. The van der Waals surface area contributed by atoms with Gasteiger partial charge in [-0.15, -0.1) is 0 Å². The highest BCUT2D eigenvalue weighted by Gasteiger charge is 2.10. The number of rotatable bonds is 1. The van der Waals surface area contributed by atoms with E-state index in [1.807, 2.05) is 0 Å². The van der Waals surface area contributed by atoms with E-state index in [-0.39, 0.29) is 0 Å². The highest BCUT2D eigenvalue weighted by molar-refractivity contribution is 5.42. The van der Waals surface area contributed by atoms with Crippen LogP contribution in [0.3, 0.4) is 0 Å². The number of allylic oxidation sites excluding steroid dienone is 7. The highest BCUT2D eigenvalue weighted by atomic mass is 14.9. The summed E-state index contributed by atoms with van der Waals surface area (Å²) < 4.78 is 0. The molecule has 0 aromatic heterocycles. The maximum Gasteiger partial charge on any atom is 0.0372 e. The molecular weight excluding hydrogens is 182 g/mol. The lowest BCUT2D eigenvalue weighted by Crippen LogP contribution is -2.22. The molecule has 1 nitrogen and oxygen atoms in total. The van der Waals surface area contributed by atoms with E-state index in [1.54, 1.807) is 0 Å². The molecule has 1 fully saturated rings. The van der Waals surface area contributed by atoms with E-state index in [1.165, 1.54) is 29.7 Å². The monoisotopic (exact) mass is 201 g/mol. The Bertz CT molecular complexity index is 354. The largest absolute Gasteiger partial charge is 0.385 e. The summed E-state index contributed by atoms with van der Waals surface area (Å²) in [6, 6.07) is 0. The van der Waals surface area contributed by atoms with Gasteiger partial charge in [-0.2, -0.15) is 0 Å². The minimum absolute atomic E-state index is 0.594. The van der Waals surface area contributed by atoms with E-state index in [0.29, 0.717) is 5.92 Å². The van der Waals surface area contributed by atoms with Crippen molar-refractivity contribution < 1.29 is 0 Å². The summed E-state index contributed by atoms with van der Waals surface area (Å²) in [7, 11) is 0. The highest BCUT2D eigenvalue weighted by Crippen LogP contribution is 2.22. The zero-order valence-electron chi connectivity index (χ0n) is 9.59. The van der Waals surface area contributed by atoms with E-state index in [0.717, 1.165) is 6.54 Å². The molecule has 0 spiro atoms. The molecule has 2 aliphatic rings. The van der Waals surface area contributed by atoms with Crippen LogP contribution in [0.5, 0.6) is 0 Å². The molecule has 1 saturated heterocycles. The minimum Gasteiger partial charge on any atom is -0.385 e. The van der Waals surface area contributed by atoms with Gasteiger partial charge in [0.1, 0.15) is 0 Å². The van der Waals surface area contributed by atoms with Crippen LogP contribution in [0.1, 0.15) is 26.7 Å². The molecule has 0 unspecified atom stereocenters. The normalized spacial score (nSPS) is 27.5.